The van der Waals surface area contributed by atoms with Gasteiger partial charge in [0.05, 0.1) is 6.04 Å². The van der Waals surface area contributed by atoms with E-state index in [-0.39, 0.29) is 86.2 Å². The van der Waals surface area contributed by atoms with Gasteiger partial charge in [-0.15, -0.1) is 0 Å². The molecule has 0 spiro atoms. The molecule has 0 unspecified atom stereocenters. The molecular formula is C43H81N15O10S3. The minimum absolute atomic E-state index is 0.0224. The highest BCUT2D eigenvalue weighted by Crippen LogP contribution is 2.12. The van der Waals surface area contributed by atoms with Crippen LogP contribution in [-0.2, 0) is 43.2 Å². The summed E-state index contributed by atoms with van der Waals surface area (Å²) in [6.45, 7) is 14.1. The monoisotopic (exact) mass is 1060 g/mol. The number of aliphatic imine (C=N–C) groups is 2. The number of carbonyl (C=O) groups excluding carboxylic acids is 8. The van der Waals surface area contributed by atoms with Gasteiger partial charge in [0.1, 0.15) is 48.3 Å². The lowest BCUT2D eigenvalue weighted by Gasteiger charge is -2.30. The first kappa shape index (κ1) is 65.8. The summed E-state index contributed by atoms with van der Waals surface area (Å²) >= 11 is 12.5. The molecule has 0 aliphatic rings. The van der Waals surface area contributed by atoms with Gasteiger partial charge in [-0.3, -0.25) is 48.3 Å². The molecular weight excluding hydrogens is 983 g/mol. The molecule has 0 saturated carbocycles. The van der Waals surface area contributed by atoms with E-state index in [1.165, 1.54) is 0 Å². The maximum Gasteiger partial charge on any atom is 0.327 e. The van der Waals surface area contributed by atoms with Gasteiger partial charge in [-0.05, 0) is 62.2 Å². The van der Waals surface area contributed by atoms with Crippen molar-refractivity contribution in [3.63, 3.8) is 0 Å². The van der Waals surface area contributed by atoms with Gasteiger partial charge >= 0.3 is 5.97 Å². The van der Waals surface area contributed by atoms with Gasteiger partial charge < -0.3 is 76.3 Å². The van der Waals surface area contributed by atoms with E-state index < -0.39 is 119 Å². The Kier molecular flexibility index (Phi) is 31.7. The largest absolute Gasteiger partial charge is 0.480 e. The summed E-state index contributed by atoms with van der Waals surface area (Å²) in [5, 5.41) is 30.2. The molecule has 0 aliphatic heterocycles. The van der Waals surface area contributed by atoms with Gasteiger partial charge in [-0.2, -0.15) is 37.9 Å². The van der Waals surface area contributed by atoms with Crippen molar-refractivity contribution in [2.45, 2.75) is 148 Å². The van der Waals surface area contributed by atoms with Gasteiger partial charge in [-0.25, -0.2) is 4.79 Å². The number of carboxylic acid groups (broad SMARTS) is 1. The van der Waals surface area contributed by atoms with Gasteiger partial charge in [0.25, 0.3) is 0 Å². The Hall–Kier alpha value is -5.22. The molecule has 19 N–H and O–H groups in total. The molecule has 0 rings (SSSR count). The maximum atomic E-state index is 14.1. The summed E-state index contributed by atoms with van der Waals surface area (Å²) in [7, 11) is 0. The summed E-state index contributed by atoms with van der Waals surface area (Å²) in [4.78, 5) is 128. The van der Waals surface area contributed by atoms with E-state index in [9.17, 15) is 48.3 Å². The zero-order valence-corrected chi connectivity index (χ0v) is 44.7. The number of thiol groups is 3. The first-order chi connectivity index (χ1) is 33.1. The highest BCUT2D eigenvalue weighted by Gasteiger charge is 2.36. The number of nitrogens with zero attached hydrogens (tertiary/aromatic N) is 2. The zero-order valence-electron chi connectivity index (χ0n) is 42.0. The molecule has 0 fully saturated rings. The Morgan fingerprint density at radius 1 is 0.437 bits per heavy atom. The summed E-state index contributed by atoms with van der Waals surface area (Å²) in [6, 6.07) is -11.0. The molecule has 406 valence electrons. The molecule has 9 atom stereocenters. The van der Waals surface area contributed by atoms with Crippen LogP contribution in [0.25, 0.3) is 0 Å². The highest BCUT2D eigenvalue weighted by atomic mass is 32.1. The maximum absolute atomic E-state index is 14.1. The van der Waals surface area contributed by atoms with E-state index in [2.05, 4.69) is 90.4 Å². The third kappa shape index (κ3) is 26.2. The SMILES string of the molecule is CC(C)C[C@H](NC(=O)[C@H](CS)NC(=O)[C@@H](N)CCCN=C(N)N)C(=O)N[C@@H](CS)C(=O)N[C@H](C(=O)N[C@@H](CC(C)C)C(=O)N[C@@H](CCCN=C(N)N)C(=O)N[C@H](C(=O)N[C@@H](CS)C(=O)O)C(C)C)C(C)C. The molecule has 71 heavy (non-hydrogen) atoms. The van der Waals surface area contributed by atoms with Crippen LogP contribution in [-0.4, -0.2) is 155 Å². The number of rotatable bonds is 34. The van der Waals surface area contributed by atoms with Crippen molar-refractivity contribution in [2.75, 3.05) is 30.3 Å². The van der Waals surface area contributed by atoms with Crippen LogP contribution in [0.15, 0.2) is 9.98 Å². The quantitative estimate of drug-likeness (QED) is 0.0129. The van der Waals surface area contributed by atoms with Crippen LogP contribution in [0.4, 0.5) is 0 Å². The lowest BCUT2D eigenvalue weighted by molar-refractivity contribution is -0.142. The van der Waals surface area contributed by atoms with Crippen LogP contribution in [0.5, 0.6) is 0 Å². The van der Waals surface area contributed by atoms with E-state index in [0.717, 1.165) is 0 Å². The van der Waals surface area contributed by atoms with Crippen molar-refractivity contribution >= 4 is 103 Å². The molecule has 25 nitrogen and oxygen atoms in total. The average Bonchev–Trinajstić information content (AvgIpc) is 3.27. The first-order valence-electron chi connectivity index (χ1n) is 23.4. The van der Waals surface area contributed by atoms with Crippen LogP contribution in [0.2, 0.25) is 0 Å². The summed E-state index contributed by atoms with van der Waals surface area (Å²) in [5.74, 6) is -9.64. The minimum atomic E-state index is -1.34. The van der Waals surface area contributed by atoms with E-state index in [1.807, 2.05) is 13.8 Å². The van der Waals surface area contributed by atoms with Crippen molar-refractivity contribution in [1.82, 2.24) is 42.5 Å². The highest BCUT2D eigenvalue weighted by molar-refractivity contribution is 7.80. The Labute approximate surface area is 433 Å². The van der Waals surface area contributed by atoms with Crippen LogP contribution in [0.3, 0.4) is 0 Å². The molecule has 0 saturated heterocycles. The Morgan fingerprint density at radius 2 is 0.746 bits per heavy atom. The first-order valence-corrected chi connectivity index (χ1v) is 25.3. The Bertz CT molecular complexity index is 1830. The molecule has 0 aromatic carbocycles. The predicted molar refractivity (Wildman–Crippen MR) is 281 cm³/mol. The second-order valence-corrected chi connectivity index (χ2v) is 19.6. The number of hydrogen-bond donors (Lipinski definition) is 17. The number of hydrogen-bond acceptors (Lipinski definition) is 15. The van der Waals surface area contributed by atoms with Crippen LogP contribution < -0.4 is 71.2 Å². The van der Waals surface area contributed by atoms with E-state index >= 15 is 0 Å². The fraction of sp³-hybridized carbons (Fsp3) is 0.744. The summed E-state index contributed by atoms with van der Waals surface area (Å²) < 4.78 is 0. The Balaban J connectivity index is 6.33. The number of carboxylic acids is 1. The number of amides is 8. The standard InChI is InChI=1S/C43H81N15O10S3/c1-20(2)15-26(52-37(63)28(17-69)54-33(59)24(44)11-9-13-49-42(45)46)36(62)55-29(18-70)38(64)58-31(22(5)6)39(65)53-27(16-21(3)4)35(61)51-25(12-10-14-50-43(47)48)34(60)57-32(23(7)8)40(66)56-30(19-71)41(67)68/h20-32,69-71H,9-19,44H2,1-8H3,(H,51,61)(H,52,63)(H,53,65)(H,54,59)(H,55,62)(H,56,66)(H,57,60)(H,58,64)(H,67,68)(H4,45,46,49)(H4,47,48,50)/t24-,25-,26-,27-,28-,29-,30-,31-,32-/m0/s1. The lowest BCUT2D eigenvalue weighted by Crippen LogP contribution is -2.61. The number of aliphatic carboxylic acids is 1. The molecule has 0 aliphatic carbocycles. The number of nitrogens with one attached hydrogen (secondary N) is 8. The smallest absolute Gasteiger partial charge is 0.327 e. The molecule has 0 aromatic heterocycles. The fourth-order valence-electron chi connectivity index (χ4n) is 6.60. The predicted octanol–water partition coefficient (Wildman–Crippen LogP) is -3.42. The Morgan fingerprint density at radius 3 is 1.11 bits per heavy atom. The average molecular weight is 1060 g/mol. The van der Waals surface area contributed by atoms with Crippen molar-refractivity contribution in [2.24, 2.45) is 62.3 Å². The fourth-order valence-corrected chi connectivity index (χ4v) is 7.36. The van der Waals surface area contributed by atoms with Crippen molar-refractivity contribution < 1.29 is 48.3 Å². The van der Waals surface area contributed by atoms with Crippen molar-refractivity contribution in [1.29, 1.82) is 0 Å². The minimum Gasteiger partial charge on any atom is -0.480 e. The van der Waals surface area contributed by atoms with Crippen molar-refractivity contribution in [3.8, 4) is 0 Å². The number of guanidine groups is 2. The van der Waals surface area contributed by atoms with Gasteiger partial charge in [-0.1, -0.05) is 55.4 Å². The van der Waals surface area contributed by atoms with Gasteiger partial charge in [0.15, 0.2) is 11.9 Å². The molecule has 0 bridgehead atoms. The molecule has 0 radical (unpaired) electrons. The molecule has 28 heteroatoms. The molecule has 0 aromatic rings. The number of carbonyl (C=O) groups is 9. The normalized spacial score (nSPS) is 15.0. The topological polar surface area (TPSA) is 425 Å². The third-order valence-electron chi connectivity index (χ3n) is 10.5. The van der Waals surface area contributed by atoms with Crippen LogP contribution >= 0.6 is 37.9 Å². The summed E-state index contributed by atoms with van der Waals surface area (Å²) in [5.41, 5.74) is 27.6. The number of nitrogens with two attached hydrogens (primary N) is 5. The van der Waals surface area contributed by atoms with Crippen molar-refractivity contribution in [3.05, 3.63) is 0 Å². The van der Waals surface area contributed by atoms with E-state index in [4.69, 9.17) is 28.7 Å². The summed E-state index contributed by atoms with van der Waals surface area (Å²) in [6.07, 6.45) is 0.995. The second kappa shape index (κ2) is 34.2. The third-order valence-corrected chi connectivity index (χ3v) is 11.6. The zero-order chi connectivity index (χ0) is 54.7. The second-order valence-electron chi connectivity index (χ2n) is 18.5. The molecule has 8 amide bonds. The van der Waals surface area contributed by atoms with Crippen LogP contribution in [0, 0.1) is 23.7 Å². The van der Waals surface area contributed by atoms with E-state index in [1.54, 1.807) is 41.5 Å². The molecule has 0 heterocycles. The van der Waals surface area contributed by atoms with Gasteiger partial charge in [0.2, 0.25) is 47.3 Å². The van der Waals surface area contributed by atoms with Crippen LogP contribution in [0.1, 0.15) is 93.9 Å². The van der Waals surface area contributed by atoms with E-state index in [0.29, 0.717) is 6.42 Å². The van der Waals surface area contributed by atoms with Gasteiger partial charge in [0, 0.05) is 30.3 Å². The lowest BCUT2D eigenvalue weighted by atomic mass is 9.98.